The van der Waals surface area contributed by atoms with Gasteiger partial charge in [-0.1, -0.05) is 34.1 Å². The zero-order valence-electron chi connectivity index (χ0n) is 11.1. The van der Waals surface area contributed by atoms with Crippen molar-refractivity contribution in [3.05, 3.63) is 24.5 Å². The van der Waals surface area contributed by atoms with Crippen LogP contribution < -0.4 is 5.32 Å². The van der Waals surface area contributed by atoms with E-state index in [1.807, 2.05) is 20.8 Å². The van der Waals surface area contributed by atoms with Crippen molar-refractivity contribution < 1.29 is 9.53 Å². The van der Waals surface area contributed by atoms with Crippen LogP contribution in [0.4, 0.5) is 10.5 Å². The lowest BCUT2D eigenvalue weighted by atomic mass is 10.1. The van der Waals surface area contributed by atoms with Crippen LogP contribution in [0.25, 0.3) is 0 Å². The average molecular weight is 238 g/mol. The minimum atomic E-state index is -0.427. The summed E-state index contributed by atoms with van der Waals surface area (Å²) in [5, 5.41) is 2.60. The molecule has 1 N–H and O–H groups in total. The molecule has 1 aromatic heterocycles. The molecule has 1 amide bonds. The molecule has 1 atom stereocenters. The number of ether oxygens (including phenoxy) is 1. The maximum atomic E-state index is 11.3. The summed E-state index contributed by atoms with van der Waals surface area (Å²) in [5.41, 5.74) is 0.645. The Balaban J connectivity index is 0.00000121. The highest BCUT2D eigenvalue weighted by Crippen LogP contribution is 2.05. The summed E-state index contributed by atoms with van der Waals surface area (Å²) >= 11 is 0. The van der Waals surface area contributed by atoms with Crippen molar-refractivity contribution in [2.75, 3.05) is 11.9 Å². The number of anilines is 1. The summed E-state index contributed by atoms with van der Waals surface area (Å²) in [6.07, 6.45) is 3.80. The summed E-state index contributed by atoms with van der Waals surface area (Å²) in [4.78, 5) is 15.2. The Bertz CT molecular complexity index is 302. The maximum absolute atomic E-state index is 11.3. The first-order valence-electron chi connectivity index (χ1n) is 6.06. The lowest BCUT2D eigenvalue weighted by molar-refractivity contribution is 0.143. The number of carbonyl (C=O) groups is 1. The van der Waals surface area contributed by atoms with Gasteiger partial charge in [-0.25, -0.2) is 4.79 Å². The van der Waals surface area contributed by atoms with E-state index in [4.69, 9.17) is 4.74 Å². The molecule has 1 unspecified atom stereocenters. The van der Waals surface area contributed by atoms with Crippen LogP contribution in [0.5, 0.6) is 0 Å². The molecule has 1 heterocycles. The molecule has 4 heteroatoms. The van der Waals surface area contributed by atoms with E-state index in [1.165, 1.54) is 0 Å². The van der Waals surface area contributed by atoms with Gasteiger partial charge < -0.3 is 4.74 Å². The number of hydrogen-bond acceptors (Lipinski definition) is 3. The highest BCUT2D eigenvalue weighted by Gasteiger charge is 2.05. The van der Waals surface area contributed by atoms with Crippen LogP contribution >= 0.6 is 0 Å². The summed E-state index contributed by atoms with van der Waals surface area (Å²) < 4.78 is 5.02. The maximum Gasteiger partial charge on any atom is 0.411 e. The highest BCUT2D eigenvalue weighted by molar-refractivity contribution is 5.84. The second-order valence-electron chi connectivity index (χ2n) is 3.48. The molecule has 96 valence electrons. The average Bonchev–Trinajstić information content (AvgIpc) is 2.39. The zero-order chi connectivity index (χ0) is 13.1. The minimum absolute atomic E-state index is 0.393. The number of amides is 1. The van der Waals surface area contributed by atoms with Crippen LogP contribution in [-0.4, -0.2) is 17.7 Å². The van der Waals surface area contributed by atoms with Gasteiger partial charge >= 0.3 is 6.09 Å². The quantitative estimate of drug-likeness (QED) is 0.870. The monoisotopic (exact) mass is 238 g/mol. The number of pyridine rings is 1. The Morgan fingerprint density at radius 1 is 1.53 bits per heavy atom. The number of nitrogens with zero attached hydrogens (tertiary/aromatic N) is 1. The SMILES string of the molecule is CC.CCC(C)COC(=O)Nc1cccnc1. The molecule has 0 aromatic carbocycles. The van der Waals surface area contributed by atoms with Gasteiger partial charge in [0, 0.05) is 6.20 Å². The van der Waals surface area contributed by atoms with Crippen molar-refractivity contribution in [3.8, 4) is 0 Å². The van der Waals surface area contributed by atoms with Crippen LogP contribution in [-0.2, 0) is 4.74 Å². The number of carbonyl (C=O) groups excluding carboxylic acids is 1. The standard InChI is InChI=1S/C11H16N2O2.C2H6/c1-3-9(2)8-15-11(14)13-10-5-4-6-12-7-10;1-2/h4-7,9H,3,8H2,1-2H3,(H,13,14);1-2H3. The van der Waals surface area contributed by atoms with Crippen LogP contribution in [0.1, 0.15) is 34.1 Å². The van der Waals surface area contributed by atoms with Crippen molar-refractivity contribution in [1.82, 2.24) is 4.98 Å². The summed E-state index contributed by atoms with van der Waals surface area (Å²) in [6, 6.07) is 3.52. The summed E-state index contributed by atoms with van der Waals surface area (Å²) in [6.45, 7) is 8.55. The van der Waals surface area contributed by atoms with Crippen LogP contribution in [0.15, 0.2) is 24.5 Å². The van der Waals surface area contributed by atoms with Crippen molar-refractivity contribution in [3.63, 3.8) is 0 Å². The lowest BCUT2D eigenvalue weighted by Crippen LogP contribution is -2.17. The number of nitrogens with one attached hydrogen (secondary N) is 1. The topological polar surface area (TPSA) is 51.2 Å². The first-order valence-corrected chi connectivity index (χ1v) is 6.06. The fourth-order valence-corrected chi connectivity index (χ4v) is 0.926. The van der Waals surface area contributed by atoms with Gasteiger partial charge in [-0.05, 0) is 18.1 Å². The fraction of sp³-hybridized carbons (Fsp3) is 0.538. The van der Waals surface area contributed by atoms with Gasteiger partial charge in [0.1, 0.15) is 0 Å². The molecule has 0 spiro atoms. The van der Waals surface area contributed by atoms with Gasteiger partial charge in [0.15, 0.2) is 0 Å². The zero-order valence-corrected chi connectivity index (χ0v) is 11.1. The molecule has 1 rings (SSSR count). The van der Waals surface area contributed by atoms with E-state index < -0.39 is 6.09 Å². The Morgan fingerprint density at radius 3 is 2.76 bits per heavy atom. The molecule has 0 bridgehead atoms. The Morgan fingerprint density at radius 2 is 2.24 bits per heavy atom. The van der Waals surface area contributed by atoms with E-state index in [0.717, 1.165) is 6.42 Å². The third-order valence-electron chi connectivity index (χ3n) is 2.10. The molecule has 1 aromatic rings. The van der Waals surface area contributed by atoms with Gasteiger partial charge in [-0.2, -0.15) is 0 Å². The van der Waals surface area contributed by atoms with E-state index >= 15 is 0 Å². The molecule has 0 saturated carbocycles. The molecule has 0 aliphatic rings. The fourth-order valence-electron chi connectivity index (χ4n) is 0.926. The lowest BCUT2D eigenvalue weighted by Gasteiger charge is -2.10. The smallest absolute Gasteiger partial charge is 0.411 e. The first kappa shape index (κ1) is 15.4. The predicted molar refractivity (Wildman–Crippen MR) is 70.0 cm³/mol. The van der Waals surface area contributed by atoms with Crippen LogP contribution in [0.3, 0.4) is 0 Å². The van der Waals surface area contributed by atoms with E-state index in [1.54, 1.807) is 24.5 Å². The first-order chi connectivity index (χ1) is 8.22. The molecule has 0 saturated heterocycles. The third kappa shape index (κ3) is 7.33. The van der Waals surface area contributed by atoms with Gasteiger partial charge in [0.05, 0.1) is 18.5 Å². The largest absolute Gasteiger partial charge is 0.449 e. The summed E-state index contributed by atoms with van der Waals surface area (Å²) in [5.74, 6) is 0.393. The second kappa shape index (κ2) is 9.63. The second-order valence-corrected chi connectivity index (χ2v) is 3.48. The molecular weight excluding hydrogens is 216 g/mol. The third-order valence-corrected chi connectivity index (χ3v) is 2.10. The van der Waals surface area contributed by atoms with E-state index in [0.29, 0.717) is 18.2 Å². The van der Waals surface area contributed by atoms with Crippen molar-refractivity contribution in [1.29, 1.82) is 0 Å². The number of hydrogen-bond donors (Lipinski definition) is 1. The molecule has 0 aliphatic heterocycles. The van der Waals surface area contributed by atoms with Gasteiger partial charge in [-0.3, -0.25) is 10.3 Å². The molecule has 4 nitrogen and oxygen atoms in total. The Hall–Kier alpha value is -1.58. The molecule has 17 heavy (non-hydrogen) atoms. The molecule has 0 fully saturated rings. The van der Waals surface area contributed by atoms with Gasteiger partial charge in [0.2, 0.25) is 0 Å². The minimum Gasteiger partial charge on any atom is -0.449 e. The Kier molecular flexibility index (Phi) is 8.74. The number of rotatable bonds is 4. The molecule has 0 aliphatic carbocycles. The van der Waals surface area contributed by atoms with E-state index in [-0.39, 0.29) is 0 Å². The van der Waals surface area contributed by atoms with Crippen LogP contribution in [0, 0.1) is 5.92 Å². The Labute approximate surface area is 103 Å². The van der Waals surface area contributed by atoms with Crippen molar-refractivity contribution in [2.24, 2.45) is 5.92 Å². The van der Waals surface area contributed by atoms with E-state index in [2.05, 4.69) is 17.2 Å². The normalized spacial score (nSPS) is 10.8. The van der Waals surface area contributed by atoms with Gasteiger partial charge in [-0.15, -0.1) is 0 Å². The summed E-state index contributed by atoms with van der Waals surface area (Å²) in [7, 11) is 0. The van der Waals surface area contributed by atoms with Gasteiger partial charge in [0.25, 0.3) is 0 Å². The predicted octanol–water partition coefficient (Wildman–Crippen LogP) is 3.70. The number of aromatic nitrogens is 1. The van der Waals surface area contributed by atoms with Crippen LogP contribution in [0.2, 0.25) is 0 Å². The molecule has 0 radical (unpaired) electrons. The van der Waals surface area contributed by atoms with E-state index in [9.17, 15) is 4.79 Å². The highest BCUT2D eigenvalue weighted by atomic mass is 16.5. The van der Waals surface area contributed by atoms with Crippen molar-refractivity contribution >= 4 is 11.8 Å². The molecular formula is C13H22N2O2. The van der Waals surface area contributed by atoms with Crippen molar-refractivity contribution in [2.45, 2.75) is 34.1 Å².